The lowest BCUT2D eigenvalue weighted by Gasteiger charge is -2.04. The number of aromatic nitrogens is 4. The monoisotopic (exact) mass is 206 g/mol. The van der Waals surface area contributed by atoms with Gasteiger partial charge >= 0.3 is 5.97 Å². The summed E-state index contributed by atoms with van der Waals surface area (Å²) >= 11 is 0. The maximum absolute atomic E-state index is 10.8. The van der Waals surface area contributed by atoms with E-state index in [9.17, 15) is 4.79 Å². The number of aryl methyl sites for hydroxylation is 1. The smallest absolute Gasteiger partial charge is 0.372 e. The van der Waals surface area contributed by atoms with Crippen molar-refractivity contribution in [3.63, 3.8) is 0 Å². The van der Waals surface area contributed by atoms with Crippen LogP contribution in [0.15, 0.2) is 24.8 Å². The van der Waals surface area contributed by atoms with Gasteiger partial charge in [0.25, 0.3) is 0 Å². The summed E-state index contributed by atoms with van der Waals surface area (Å²) < 4.78 is 3.39. The molecule has 6 nitrogen and oxygen atoms in total. The first-order valence-corrected chi connectivity index (χ1v) is 4.39. The minimum atomic E-state index is -1.03. The fourth-order valence-corrected chi connectivity index (χ4v) is 1.34. The quantitative estimate of drug-likeness (QED) is 0.787. The SMILES string of the molecule is Cn1ccnc1Cn1ccnc1C(=O)O. The van der Waals surface area contributed by atoms with Crippen molar-refractivity contribution in [2.45, 2.75) is 6.54 Å². The molecule has 2 aromatic rings. The van der Waals surface area contributed by atoms with Crippen LogP contribution in [-0.4, -0.2) is 30.2 Å². The van der Waals surface area contributed by atoms with Gasteiger partial charge in [-0.3, -0.25) is 0 Å². The molecule has 6 heteroatoms. The van der Waals surface area contributed by atoms with E-state index >= 15 is 0 Å². The summed E-state index contributed by atoms with van der Waals surface area (Å²) in [5.41, 5.74) is 0. The molecule has 0 bridgehead atoms. The van der Waals surface area contributed by atoms with Gasteiger partial charge in [0, 0.05) is 31.8 Å². The first kappa shape index (κ1) is 9.45. The Kier molecular flexibility index (Phi) is 2.24. The Bertz CT molecular complexity index is 486. The van der Waals surface area contributed by atoms with Crippen LogP contribution < -0.4 is 0 Å². The van der Waals surface area contributed by atoms with Crippen LogP contribution in [0.25, 0.3) is 0 Å². The molecule has 0 atom stereocenters. The number of carboxylic acids is 1. The Labute approximate surface area is 85.8 Å². The van der Waals surface area contributed by atoms with Crippen molar-refractivity contribution < 1.29 is 9.90 Å². The van der Waals surface area contributed by atoms with E-state index in [1.165, 1.54) is 6.20 Å². The predicted molar refractivity (Wildman–Crippen MR) is 51.5 cm³/mol. The molecule has 0 saturated carbocycles. The minimum absolute atomic E-state index is 0.0259. The molecule has 0 aliphatic carbocycles. The Balaban J connectivity index is 2.28. The van der Waals surface area contributed by atoms with Crippen LogP contribution in [0.5, 0.6) is 0 Å². The lowest BCUT2D eigenvalue weighted by molar-refractivity contribution is 0.0678. The van der Waals surface area contributed by atoms with Crippen LogP contribution in [0.2, 0.25) is 0 Å². The minimum Gasteiger partial charge on any atom is -0.475 e. The van der Waals surface area contributed by atoms with E-state index in [1.54, 1.807) is 17.0 Å². The third-order valence-corrected chi connectivity index (χ3v) is 2.14. The van der Waals surface area contributed by atoms with Crippen molar-refractivity contribution in [1.82, 2.24) is 19.1 Å². The van der Waals surface area contributed by atoms with Crippen LogP contribution in [0, 0.1) is 0 Å². The molecule has 78 valence electrons. The van der Waals surface area contributed by atoms with Gasteiger partial charge in [0.15, 0.2) is 0 Å². The van der Waals surface area contributed by atoms with E-state index < -0.39 is 5.97 Å². The van der Waals surface area contributed by atoms with Crippen molar-refractivity contribution in [2.75, 3.05) is 0 Å². The van der Waals surface area contributed by atoms with Crippen molar-refractivity contribution in [1.29, 1.82) is 0 Å². The highest BCUT2D eigenvalue weighted by Crippen LogP contribution is 2.03. The van der Waals surface area contributed by atoms with Crippen molar-refractivity contribution >= 4 is 5.97 Å². The van der Waals surface area contributed by atoms with E-state index in [0.717, 1.165) is 5.82 Å². The second kappa shape index (κ2) is 3.56. The highest BCUT2D eigenvalue weighted by molar-refractivity contribution is 5.83. The zero-order valence-corrected chi connectivity index (χ0v) is 8.16. The van der Waals surface area contributed by atoms with Crippen LogP contribution in [0.3, 0.4) is 0 Å². The normalized spacial score (nSPS) is 10.5. The molecule has 1 N–H and O–H groups in total. The maximum Gasteiger partial charge on any atom is 0.372 e. The Morgan fingerprint density at radius 2 is 2.13 bits per heavy atom. The second-order valence-corrected chi connectivity index (χ2v) is 3.14. The van der Waals surface area contributed by atoms with Crippen molar-refractivity contribution in [2.24, 2.45) is 7.05 Å². The van der Waals surface area contributed by atoms with E-state index in [4.69, 9.17) is 5.11 Å². The van der Waals surface area contributed by atoms with E-state index in [1.807, 2.05) is 17.8 Å². The molecule has 0 aliphatic heterocycles. The molecule has 15 heavy (non-hydrogen) atoms. The molecule has 0 unspecified atom stereocenters. The summed E-state index contributed by atoms with van der Waals surface area (Å²) in [4.78, 5) is 18.7. The first-order chi connectivity index (χ1) is 7.18. The van der Waals surface area contributed by atoms with Gasteiger partial charge in [0.1, 0.15) is 5.82 Å². The molecule has 2 aromatic heterocycles. The summed E-state index contributed by atoms with van der Waals surface area (Å²) in [5, 5.41) is 8.84. The van der Waals surface area contributed by atoms with Crippen LogP contribution in [-0.2, 0) is 13.6 Å². The molecule has 0 spiro atoms. The molecule has 0 aromatic carbocycles. The summed E-state index contributed by atoms with van der Waals surface area (Å²) in [6.45, 7) is 0.408. The largest absolute Gasteiger partial charge is 0.475 e. The number of rotatable bonds is 3. The maximum atomic E-state index is 10.8. The number of carboxylic acid groups (broad SMARTS) is 1. The van der Waals surface area contributed by atoms with Crippen LogP contribution >= 0.6 is 0 Å². The molecule has 0 aliphatic rings. The van der Waals surface area contributed by atoms with Crippen LogP contribution in [0.1, 0.15) is 16.4 Å². The molecule has 2 rings (SSSR count). The third-order valence-electron chi connectivity index (χ3n) is 2.14. The highest BCUT2D eigenvalue weighted by Gasteiger charge is 2.11. The van der Waals surface area contributed by atoms with Gasteiger partial charge in [-0.15, -0.1) is 0 Å². The molecule has 2 heterocycles. The summed E-state index contributed by atoms with van der Waals surface area (Å²) in [6, 6.07) is 0. The van der Waals surface area contributed by atoms with Gasteiger partial charge in [0.2, 0.25) is 5.82 Å². The lowest BCUT2D eigenvalue weighted by atomic mass is 10.5. The number of carbonyl (C=O) groups is 1. The van der Waals surface area contributed by atoms with E-state index in [-0.39, 0.29) is 5.82 Å². The Hall–Kier alpha value is -2.11. The van der Waals surface area contributed by atoms with Crippen molar-refractivity contribution in [3.8, 4) is 0 Å². The standard InChI is InChI=1S/C9H10N4O2/c1-12-4-2-10-7(12)6-13-5-3-11-8(13)9(14)15/h2-5H,6H2,1H3,(H,14,15). The first-order valence-electron chi connectivity index (χ1n) is 4.39. The zero-order valence-electron chi connectivity index (χ0n) is 8.16. The number of hydrogen-bond acceptors (Lipinski definition) is 3. The summed E-state index contributed by atoms with van der Waals surface area (Å²) in [5.74, 6) is -0.220. The average molecular weight is 206 g/mol. The van der Waals surface area contributed by atoms with E-state index in [0.29, 0.717) is 6.54 Å². The number of hydrogen-bond donors (Lipinski definition) is 1. The Morgan fingerprint density at radius 1 is 1.40 bits per heavy atom. The van der Waals surface area contributed by atoms with Gasteiger partial charge in [0.05, 0.1) is 6.54 Å². The molecular formula is C9H10N4O2. The average Bonchev–Trinajstić information content (AvgIpc) is 2.77. The van der Waals surface area contributed by atoms with E-state index in [2.05, 4.69) is 9.97 Å². The molecular weight excluding hydrogens is 196 g/mol. The van der Waals surface area contributed by atoms with Gasteiger partial charge in [-0.25, -0.2) is 14.8 Å². The van der Waals surface area contributed by atoms with Gasteiger partial charge < -0.3 is 14.2 Å². The highest BCUT2D eigenvalue weighted by atomic mass is 16.4. The number of nitrogens with zero attached hydrogens (tertiary/aromatic N) is 4. The summed E-state index contributed by atoms with van der Waals surface area (Å²) in [7, 11) is 1.86. The summed E-state index contributed by atoms with van der Waals surface area (Å²) in [6.07, 6.45) is 6.57. The van der Waals surface area contributed by atoms with Crippen molar-refractivity contribution in [3.05, 3.63) is 36.4 Å². The number of aromatic carboxylic acids is 1. The molecule has 0 saturated heterocycles. The second-order valence-electron chi connectivity index (χ2n) is 3.14. The number of imidazole rings is 2. The molecule has 0 fully saturated rings. The van der Waals surface area contributed by atoms with Gasteiger partial charge in [-0.2, -0.15) is 0 Å². The third kappa shape index (κ3) is 1.74. The zero-order chi connectivity index (χ0) is 10.8. The van der Waals surface area contributed by atoms with Gasteiger partial charge in [-0.05, 0) is 0 Å². The fraction of sp³-hybridized carbons (Fsp3) is 0.222. The van der Waals surface area contributed by atoms with Crippen LogP contribution in [0.4, 0.5) is 0 Å². The Morgan fingerprint density at radius 3 is 2.73 bits per heavy atom. The van der Waals surface area contributed by atoms with Gasteiger partial charge in [-0.1, -0.05) is 0 Å². The molecule has 0 amide bonds. The fourth-order valence-electron chi connectivity index (χ4n) is 1.34. The molecule has 0 radical (unpaired) electrons. The predicted octanol–water partition coefficient (Wildman–Crippen LogP) is 0.363. The lowest BCUT2D eigenvalue weighted by Crippen LogP contribution is -2.12. The topological polar surface area (TPSA) is 72.9 Å².